The number of hydrogen-bond acceptors (Lipinski definition) is 6. The van der Waals surface area contributed by atoms with Gasteiger partial charge in [0.25, 0.3) is 5.91 Å². The molecule has 132 valence electrons. The Balaban J connectivity index is 0.00000196. The van der Waals surface area contributed by atoms with E-state index in [0.29, 0.717) is 33.6 Å². The van der Waals surface area contributed by atoms with Crippen molar-refractivity contribution >= 4 is 23.0 Å². The first-order valence-corrected chi connectivity index (χ1v) is 7.68. The number of nitrogens with one attached hydrogen (secondary N) is 2. The van der Waals surface area contributed by atoms with E-state index in [1.807, 2.05) is 6.07 Å². The molecule has 0 radical (unpaired) electrons. The minimum atomic E-state index is -0.356. The Labute approximate surface area is 152 Å². The zero-order valence-corrected chi connectivity index (χ0v) is 13.9. The van der Waals surface area contributed by atoms with Gasteiger partial charge < -0.3 is 15.5 Å². The van der Waals surface area contributed by atoms with Crippen molar-refractivity contribution in [1.29, 1.82) is 10.7 Å². The van der Waals surface area contributed by atoms with E-state index in [1.165, 1.54) is 18.7 Å². The average molecular weight is 349 g/mol. The summed E-state index contributed by atoms with van der Waals surface area (Å²) >= 11 is 0. The molecule has 0 bridgehead atoms. The number of amides is 1. The van der Waals surface area contributed by atoms with Gasteiger partial charge in [0, 0.05) is 31.6 Å². The van der Waals surface area contributed by atoms with Gasteiger partial charge in [-0.25, -0.2) is 4.98 Å². The van der Waals surface area contributed by atoms with Crippen molar-refractivity contribution in [3.63, 3.8) is 0 Å². The molecule has 2 heterocycles. The Kier molecular flexibility index (Phi) is 4.50. The second-order valence-corrected chi connectivity index (χ2v) is 5.64. The first kappa shape index (κ1) is 16.9. The van der Waals surface area contributed by atoms with Crippen LogP contribution in [0.1, 0.15) is 35.6 Å². The molecule has 2 aromatic heterocycles. The number of nitriles is 1. The van der Waals surface area contributed by atoms with Crippen LogP contribution in [-0.4, -0.2) is 16.6 Å². The fraction of sp³-hybridized carbons (Fsp3) is 0.0526. The van der Waals surface area contributed by atoms with Crippen LogP contribution in [0.4, 0.5) is 11.4 Å². The number of aryl methyl sites for hydroxylation is 1. The number of nitrogens with two attached hydrogens (primary N) is 1. The molecule has 1 aromatic carbocycles. The first-order valence-electron chi connectivity index (χ1n) is 7.68. The SMILES string of the molecule is Cc1cc(C#N)ncc1C(=O)Nc1ccc(N)c(C(=N)c2ccoc2)c1.[HH].[HH]. The van der Waals surface area contributed by atoms with Gasteiger partial charge in [0.1, 0.15) is 11.8 Å². The number of hydrogen-bond donors (Lipinski definition) is 3. The monoisotopic (exact) mass is 349 g/mol. The predicted molar refractivity (Wildman–Crippen MR) is 101 cm³/mol. The molecule has 0 aliphatic heterocycles. The van der Waals surface area contributed by atoms with Crippen molar-refractivity contribution in [3.8, 4) is 6.07 Å². The molecule has 3 rings (SSSR count). The lowest BCUT2D eigenvalue weighted by molar-refractivity contribution is 0.102. The first-order chi connectivity index (χ1) is 12.5. The summed E-state index contributed by atoms with van der Waals surface area (Å²) < 4.78 is 5.00. The van der Waals surface area contributed by atoms with E-state index < -0.39 is 0 Å². The highest BCUT2D eigenvalue weighted by Crippen LogP contribution is 2.22. The van der Waals surface area contributed by atoms with Gasteiger partial charge in [0.2, 0.25) is 0 Å². The van der Waals surface area contributed by atoms with Gasteiger partial charge in [-0.05, 0) is 42.8 Å². The summed E-state index contributed by atoms with van der Waals surface area (Å²) in [5, 5.41) is 19.9. The molecular weight excluding hydrogens is 330 g/mol. The molecule has 4 N–H and O–H groups in total. The van der Waals surface area contributed by atoms with E-state index in [4.69, 9.17) is 20.8 Å². The fourth-order valence-corrected chi connectivity index (χ4v) is 2.47. The number of rotatable bonds is 4. The summed E-state index contributed by atoms with van der Waals surface area (Å²) in [6.45, 7) is 1.74. The molecule has 7 nitrogen and oxygen atoms in total. The highest BCUT2D eigenvalue weighted by atomic mass is 16.3. The number of carbonyl (C=O) groups excluding carboxylic acids is 1. The van der Waals surface area contributed by atoms with E-state index >= 15 is 0 Å². The van der Waals surface area contributed by atoms with Crippen molar-refractivity contribution in [2.75, 3.05) is 11.1 Å². The molecule has 0 atom stereocenters. The number of aromatic nitrogens is 1. The molecule has 0 saturated heterocycles. The lowest BCUT2D eigenvalue weighted by atomic mass is 10.0. The summed E-state index contributed by atoms with van der Waals surface area (Å²) in [6, 6.07) is 10.1. The minimum absolute atomic E-state index is 0. The van der Waals surface area contributed by atoms with Crippen molar-refractivity contribution in [3.05, 3.63) is 77.0 Å². The zero-order chi connectivity index (χ0) is 18.7. The van der Waals surface area contributed by atoms with Gasteiger partial charge in [-0.3, -0.25) is 10.2 Å². The second kappa shape index (κ2) is 6.91. The number of benzene rings is 1. The maximum atomic E-state index is 12.5. The molecule has 1 amide bonds. The predicted octanol–water partition coefficient (Wildman–Crippen LogP) is 3.60. The number of nitrogen functional groups attached to an aromatic ring is 1. The summed E-state index contributed by atoms with van der Waals surface area (Å²) in [6.07, 6.45) is 4.31. The van der Waals surface area contributed by atoms with Crippen LogP contribution in [0.25, 0.3) is 0 Å². The number of anilines is 2. The Morgan fingerprint density at radius 3 is 2.81 bits per heavy atom. The lowest BCUT2D eigenvalue weighted by Gasteiger charge is -2.11. The minimum Gasteiger partial charge on any atom is -0.472 e. The summed E-state index contributed by atoms with van der Waals surface area (Å²) in [4.78, 5) is 16.4. The smallest absolute Gasteiger partial charge is 0.257 e. The van der Waals surface area contributed by atoms with Crippen molar-refractivity contribution in [2.24, 2.45) is 0 Å². The van der Waals surface area contributed by atoms with Crippen molar-refractivity contribution in [1.82, 2.24) is 4.98 Å². The van der Waals surface area contributed by atoms with Crippen LogP contribution in [0.3, 0.4) is 0 Å². The zero-order valence-electron chi connectivity index (χ0n) is 13.9. The Hall–Kier alpha value is -3.92. The van der Waals surface area contributed by atoms with Gasteiger partial charge in [-0.1, -0.05) is 0 Å². The third kappa shape index (κ3) is 3.30. The van der Waals surface area contributed by atoms with E-state index in [-0.39, 0.29) is 20.2 Å². The number of pyridine rings is 1. The second-order valence-electron chi connectivity index (χ2n) is 5.64. The topological polar surface area (TPSA) is 129 Å². The molecular formula is C19H19N5O2. The maximum Gasteiger partial charge on any atom is 0.257 e. The molecule has 26 heavy (non-hydrogen) atoms. The van der Waals surface area contributed by atoms with Crippen LogP contribution >= 0.6 is 0 Å². The molecule has 0 saturated carbocycles. The van der Waals surface area contributed by atoms with Crippen LogP contribution in [0, 0.1) is 23.7 Å². The average Bonchev–Trinajstić information content (AvgIpc) is 3.17. The highest BCUT2D eigenvalue weighted by Gasteiger charge is 2.14. The Morgan fingerprint density at radius 1 is 1.35 bits per heavy atom. The van der Waals surface area contributed by atoms with Crippen LogP contribution < -0.4 is 11.1 Å². The van der Waals surface area contributed by atoms with Crippen LogP contribution in [-0.2, 0) is 0 Å². The van der Waals surface area contributed by atoms with Gasteiger partial charge in [0.15, 0.2) is 0 Å². The lowest BCUT2D eigenvalue weighted by Crippen LogP contribution is -2.15. The van der Waals surface area contributed by atoms with Gasteiger partial charge in [-0.2, -0.15) is 5.26 Å². The molecule has 3 aromatic rings. The summed E-state index contributed by atoms with van der Waals surface area (Å²) in [7, 11) is 0. The highest BCUT2D eigenvalue weighted by molar-refractivity contribution is 6.14. The largest absolute Gasteiger partial charge is 0.472 e. The third-order valence-electron chi connectivity index (χ3n) is 3.86. The van der Waals surface area contributed by atoms with E-state index in [0.717, 1.165) is 0 Å². The van der Waals surface area contributed by atoms with Gasteiger partial charge in [0.05, 0.1) is 23.8 Å². The van der Waals surface area contributed by atoms with E-state index in [2.05, 4.69) is 10.3 Å². The molecule has 7 heteroatoms. The standard InChI is InChI=1S/C19H15N5O2.2H2/c1-11-6-14(8-20)23-9-16(11)19(25)24-13-2-3-17(21)15(7-13)18(22)12-4-5-26-10-12;;/h2-7,9-10,22H,21H2,1H3,(H,24,25);2*1H. The summed E-state index contributed by atoms with van der Waals surface area (Å²) in [5.41, 5.74) is 9.43. The molecule has 0 aliphatic carbocycles. The van der Waals surface area contributed by atoms with Gasteiger partial charge >= 0.3 is 0 Å². The Bertz CT molecular complexity index is 1040. The fourth-order valence-electron chi connectivity index (χ4n) is 2.47. The third-order valence-corrected chi connectivity index (χ3v) is 3.86. The molecule has 0 fully saturated rings. The van der Waals surface area contributed by atoms with Crippen LogP contribution in [0.15, 0.2) is 53.5 Å². The Morgan fingerprint density at radius 2 is 2.15 bits per heavy atom. The van der Waals surface area contributed by atoms with Crippen molar-refractivity contribution in [2.45, 2.75) is 6.92 Å². The quantitative estimate of drug-likeness (QED) is 0.489. The van der Waals surface area contributed by atoms with E-state index in [1.54, 1.807) is 37.3 Å². The number of furan rings is 1. The van der Waals surface area contributed by atoms with E-state index in [9.17, 15) is 4.79 Å². The molecule has 0 aliphatic rings. The van der Waals surface area contributed by atoms with Crippen LogP contribution in [0.5, 0.6) is 0 Å². The normalized spacial score (nSPS) is 10.2. The van der Waals surface area contributed by atoms with Crippen molar-refractivity contribution < 1.29 is 12.1 Å². The number of nitrogens with zero attached hydrogens (tertiary/aromatic N) is 2. The molecule has 0 unspecified atom stereocenters. The number of carbonyl (C=O) groups is 1. The van der Waals surface area contributed by atoms with Gasteiger partial charge in [-0.15, -0.1) is 0 Å². The summed E-state index contributed by atoms with van der Waals surface area (Å²) in [5.74, 6) is -0.356. The van der Waals surface area contributed by atoms with Crippen LogP contribution in [0.2, 0.25) is 0 Å². The molecule has 0 spiro atoms. The maximum absolute atomic E-state index is 12.5.